The van der Waals surface area contributed by atoms with Gasteiger partial charge in [0.1, 0.15) is 18.7 Å². The highest BCUT2D eigenvalue weighted by atomic mass is 19.3. The number of aldehydes is 1. The minimum atomic E-state index is -2.75. The largest absolute Gasteiger partial charge is 0.495 e. The van der Waals surface area contributed by atoms with Crippen molar-refractivity contribution in [2.24, 2.45) is 9.98 Å². The average Bonchev–Trinajstić information content (AvgIpc) is 3.36. The number of rotatable bonds is 14. The van der Waals surface area contributed by atoms with Crippen molar-refractivity contribution < 1.29 is 18.3 Å². The lowest BCUT2D eigenvalue weighted by molar-refractivity contribution is -0.104. The van der Waals surface area contributed by atoms with Crippen molar-refractivity contribution in [3.05, 3.63) is 60.3 Å². The zero-order valence-electron chi connectivity index (χ0n) is 24.4. The summed E-state index contributed by atoms with van der Waals surface area (Å²) < 4.78 is 33.7. The first-order chi connectivity index (χ1) is 20.1. The molecule has 1 unspecified atom stereocenters. The van der Waals surface area contributed by atoms with Crippen molar-refractivity contribution in [2.75, 3.05) is 64.0 Å². The number of carbonyl (C=O) groups is 1. The first-order valence-corrected chi connectivity index (χ1v) is 13.0. The molecule has 0 radical (unpaired) electrons. The number of methoxy groups -OCH3 is 1. The highest BCUT2D eigenvalue weighted by Gasteiger charge is 2.20. The Bertz CT molecular complexity index is 1420. The second kappa shape index (κ2) is 16.5. The van der Waals surface area contributed by atoms with Gasteiger partial charge in [0.2, 0.25) is 0 Å². The molecule has 0 saturated carbocycles. The fourth-order valence-electron chi connectivity index (χ4n) is 4.14. The van der Waals surface area contributed by atoms with Crippen LogP contribution in [0.25, 0.3) is 10.9 Å². The van der Waals surface area contributed by atoms with E-state index in [0.29, 0.717) is 46.3 Å². The molecule has 0 spiro atoms. The number of alkyl halides is 2. The van der Waals surface area contributed by atoms with Crippen LogP contribution in [0.1, 0.15) is 30.1 Å². The summed E-state index contributed by atoms with van der Waals surface area (Å²) >= 11 is 0. The van der Waals surface area contributed by atoms with Gasteiger partial charge < -0.3 is 25.6 Å². The predicted octanol–water partition coefficient (Wildman–Crippen LogP) is 5.14. The smallest absolute Gasteiger partial charge is 0.319 e. The van der Waals surface area contributed by atoms with E-state index < -0.39 is 12.6 Å². The maximum atomic E-state index is 13.6. The molecule has 42 heavy (non-hydrogen) atoms. The molecule has 0 bridgehead atoms. The van der Waals surface area contributed by atoms with Gasteiger partial charge in [0.25, 0.3) is 0 Å². The molecule has 0 amide bonds. The van der Waals surface area contributed by atoms with E-state index in [9.17, 15) is 8.78 Å². The van der Waals surface area contributed by atoms with Crippen molar-refractivity contribution in [2.45, 2.75) is 19.0 Å². The molecular formula is C30H38F2N8O2. The summed E-state index contributed by atoms with van der Waals surface area (Å²) in [7, 11) is 7.62. The van der Waals surface area contributed by atoms with Crippen LogP contribution in [0.5, 0.6) is 5.75 Å². The highest BCUT2D eigenvalue weighted by molar-refractivity contribution is 5.86. The fourth-order valence-corrected chi connectivity index (χ4v) is 4.14. The number of nitriles is 1. The van der Waals surface area contributed by atoms with E-state index in [2.05, 4.69) is 38.4 Å². The topological polar surface area (TPSA) is 124 Å². The average molecular weight is 581 g/mol. The molecule has 0 aliphatic carbocycles. The van der Waals surface area contributed by atoms with E-state index >= 15 is 0 Å². The van der Waals surface area contributed by atoms with Gasteiger partial charge >= 0.3 is 6.55 Å². The van der Waals surface area contributed by atoms with Crippen LogP contribution in [0.3, 0.4) is 0 Å². The number of hydrogen-bond donors (Lipinski definition) is 2. The number of aromatic nitrogens is 1. The zero-order valence-corrected chi connectivity index (χ0v) is 24.4. The molecule has 224 valence electrons. The minimum absolute atomic E-state index is 0.250. The molecule has 10 nitrogen and oxygen atoms in total. The van der Waals surface area contributed by atoms with E-state index in [-0.39, 0.29) is 12.2 Å². The summed E-state index contributed by atoms with van der Waals surface area (Å²) in [6.45, 7) is 5.96. The number of likely N-dealkylation sites (N-methyl/N-ethyl adjacent to an activating group) is 2. The molecule has 2 aromatic carbocycles. The summed E-state index contributed by atoms with van der Waals surface area (Å²) in [5.74, 6) is 0.642. The van der Waals surface area contributed by atoms with Crippen molar-refractivity contribution in [3.8, 4) is 11.8 Å². The molecular weight excluding hydrogens is 542 g/mol. The number of aliphatic imine (C=N–C) groups is 2. The number of nitrogens with one attached hydrogen (secondary N) is 1. The van der Waals surface area contributed by atoms with E-state index in [0.717, 1.165) is 23.3 Å². The van der Waals surface area contributed by atoms with Crippen molar-refractivity contribution in [1.82, 2.24) is 9.47 Å². The number of anilines is 3. The molecule has 0 aliphatic rings. The van der Waals surface area contributed by atoms with Crippen LogP contribution in [-0.4, -0.2) is 76.7 Å². The van der Waals surface area contributed by atoms with Gasteiger partial charge in [0.15, 0.2) is 0 Å². The molecule has 3 N–H and O–H groups in total. The molecule has 12 heteroatoms. The third-order valence-corrected chi connectivity index (χ3v) is 6.34. The second-order valence-electron chi connectivity index (χ2n) is 9.46. The van der Waals surface area contributed by atoms with E-state index in [1.807, 2.05) is 39.3 Å². The fraction of sp³-hybridized carbons (Fsp3) is 0.333. The standard InChI is InChI=1S/C27H34F2N8O.C3H4O/c1-32-22(20-16-37(27(28)29)24-12-18(15-30)6-7-19(20)24)8-9-33-17-34-23-13-21(31)25(14-26(23)38-5)36(4)11-10-35(2)3;1-2-3-4/h6-7,9,12-14,16,22,27,34H,1,8,10-11,17,31H2,2-5H3;2-3H,1H2/b33-9-;. The first-order valence-electron chi connectivity index (χ1n) is 13.0. The lowest BCUT2D eigenvalue weighted by Crippen LogP contribution is -2.29. The monoisotopic (exact) mass is 580 g/mol. The molecule has 1 heterocycles. The maximum absolute atomic E-state index is 13.6. The van der Waals surface area contributed by atoms with Crippen LogP contribution in [0.2, 0.25) is 0 Å². The van der Waals surface area contributed by atoms with E-state index in [1.54, 1.807) is 25.5 Å². The molecule has 0 aliphatic heterocycles. The Morgan fingerprint density at radius 3 is 2.52 bits per heavy atom. The lowest BCUT2D eigenvalue weighted by atomic mass is 10.0. The van der Waals surface area contributed by atoms with Crippen LogP contribution >= 0.6 is 0 Å². The Kier molecular flexibility index (Phi) is 13.1. The predicted molar refractivity (Wildman–Crippen MR) is 167 cm³/mol. The summed E-state index contributed by atoms with van der Waals surface area (Å²) in [6.07, 6.45) is 5.25. The number of ether oxygens (including phenoxy) is 1. The molecule has 3 rings (SSSR count). The van der Waals surface area contributed by atoms with Gasteiger partial charge in [0, 0.05) is 56.0 Å². The maximum Gasteiger partial charge on any atom is 0.319 e. The molecule has 1 aromatic heterocycles. The molecule has 0 saturated heterocycles. The summed E-state index contributed by atoms with van der Waals surface area (Å²) in [6, 6.07) is 9.94. The number of fused-ring (bicyclic) bond motifs is 1. The number of nitrogen functional groups attached to an aromatic ring is 1. The van der Waals surface area contributed by atoms with Gasteiger partial charge in [-0.3, -0.25) is 19.3 Å². The third kappa shape index (κ3) is 8.87. The van der Waals surface area contributed by atoms with Crippen molar-refractivity contribution in [1.29, 1.82) is 5.26 Å². The Morgan fingerprint density at radius 1 is 1.24 bits per heavy atom. The molecule has 3 aromatic rings. The lowest BCUT2D eigenvalue weighted by Gasteiger charge is -2.24. The van der Waals surface area contributed by atoms with Crippen LogP contribution in [0.15, 0.2) is 59.2 Å². The number of nitrogens with two attached hydrogens (primary N) is 1. The van der Waals surface area contributed by atoms with Gasteiger partial charge in [-0.05, 0) is 45.1 Å². The van der Waals surface area contributed by atoms with Gasteiger partial charge in [-0.1, -0.05) is 12.6 Å². The zero-order chi connectivity index (χ0) is 31.2. The highest BCUT2D eigenvalue weighted by Crippen LogP contribution is 2.35. The molecule has 1 atom stereocenters. The third-order valence-electron chi connectivity index (χ3n) is 6.34. The van der Waals surface area contributed by atoms with Crippen LogP contribution in [-0.2, 0) is 4.79 Å². The Labute approximate surface area is 245 Å². The number of allylic oxidation sites excluding steroid dienone is 1. The number of carbonyl (C=O) groups excluding carboxylic acids is 1. The summed E-state index contributed by atoms with van der Waals surface area (Å²) in [5.41, 5.74) is 9.70. The second-order valence-corrected chi connectivity index (χ2v) is 9.46. The Morgan fingerprint density at radius 2 is 1.95 bits per heavy atom. The van der Waals surface area contributed by atoms with E-state index in [1.165, 1.54) is 18.3 Å². The SMILES string of the molecule is C=CC=O.C=NC(C/C=N\CNc1cc(N)c(N(C)CCN(C)C)cc1OC)c1cn(C(F)F)c2cc(C#N)ccc12. The number of halogens is 2. The number of hydrogen-bond acceptors (Lipinski definition) is 9. The Balaban J connectivity index is 0.00000144. The van der Waals surface area contributed by atoms with Crippen LogP contribution in [0, 0.1) is 11.3 Å². The minimum Gasteiger partial charge on any atom is -0.495 e. The summed E-state index contributed by atoms with van der Waals surface area (Å²) in [5, 5.41) is 13.0. The first kappa shape index (κ1) is 33.4. The van der Waals surface area contributed by atoms with Gasteiger partial charge in [-0.25, -0.2) is 0 Å². The number of benzene rings is 2. The van der Waals surface area contributed by atoms with Gasteiger partial charge in [-0.15, -0.1) is 0 Å². The number of nitrogens with zero attached hydrogens (tertiary/aromatic N) is 6. The molecule has 0 fully saturated rings. The Hall–Kier alpha value is -4.76. The van der Waals surface area contributed by atoms with Gasteiger partial charge in [0.05, 0.1) is 47.4 Å². The van der Waals surface area contributed by atoms with Crippen molar-refractivity contribution >= 4 is 47.2 Å². The normalized spacial score (nSPS) is 11.6. The van der Waals surface area contributed by atoms with Crippen LogP contribution in [0.4, 0.5) is 25.8 Å². The summed E-state index contributed by atoms with van der Waals surface area (Å²) in [4.78, 5) is 21.8. The van der Waals surface area contributed by atoms with Crippen LogP contribution < -0.4 is 20.7 Å². The van der Waals surface area contributed by atoms with Gasteiger partial charge in [-0.2, -0.15) is 14.0 Å². The van der Waals surface area contributed by atoms with E-state index in [4.69, 9.17) is 20.5 Å². The van der Waals surface area contributed by atoms with Crippen molar-refractivity contribution in [3.63, 3.8) is 0 Å². The quantitative estimate of drug-likeness (QED) is 0.117.